The van der Waals surface area contributed by atoms with Crippen molar-refractivity contribution in [2.24, 2.45) is 0 Å². The number of hydrogen-bond acceptors (Lipinski definition) is 1. The first kappa shape index (κ1) is 22.8. The summed E-state index contributed by atoms with van der Waals surface area (Å²) >= 11 is 0. The van der Waals surface area contributed by atoms with Gasteiger partial charge in [0.15, 0.2) is 0 Å². The Morgan fingerprint density at radius 2 is 0.923 bits per heavy atom. The molecule has 0 aromatic rings. The third-order valence-corrected chi connectivity index (χ3v) is 0. The van der Waals surface area contributed by atoms with Crippen molar-refractivity contribution < 1.29 is 14.4 Å². The van der Waals surface area contributed by atoms with Gasteiger partial charge in [-0.25, -0.2) is 0 Å². The summed E-state index contributed by atoms with van der Waals surface area (Å²) in [5, 5.41) is 0. The highest BCUT2D eigenvalue weighted by atomic mass is 31.1. The zero-order valence-electron chi connectivity index (χ0n) is 8.60. The molecule has 13 heavy (non-hydrogen) atoms. The quantitative estimate of drug-likeness (QED) is 0.473. The monoisotopic (exact) mass is 207 g/mol. The van der Waals surface area contributed by atoms with E-state index in [1.807, 2.05) is 20.8 Å². The van der Waals surface area contributed by atoms with Crippen LogP contribution in [0.5, 0.6) is 0 Å². The average molecular weight is 207 g/mol. The van der Waals surface area contributed by atoms with Gasteiger partial charge in [-0.15, -0.1) is 29.5 Å². The molecule has 0 heterocycles. The van der Waals surface area contributed by atoms with Gasteiger partial charge in [-0.2, -0.15) is 0 Å². The van der Waals surface area contributed by atoms with Crippen LogP contribution in [0.25, 0.3) is 0 Å². The number of hydrogen-bond donors (Lipinski definition) is 2. The molecule has 0 saturated heterocycles. The third kappa shape index (κ3) is 1660. The lowest BCUT2D eigenvalue weighted by molar-refractivity contribution is 0.405. The molecule has 0 aromatic carbocycles. The first-order chi connectivity index (χ1) is 5.97. The molecule has 0 atom stereocenters. The molecule has 0 aliphatic heterocycles. The lowest BCUT2D eigenvalue weighted by atomic mass is 10.8. The first-order valence-corrected chi connectivity index (χ1v) is 4.70. The highest BCUT2D eigenvalue weighted by Crippen LogP contribution is 1.98. The second kappa shape index (κ2) is 42.9. The molecule has 0 rings (SSSR count). The summed E-state index contributed by atoms with van der Waals surface area (Å²) in [6, 6.07) is 0. The molecule has 0 amide bonds. The van der Waals surface area contributed by atoms with Gasteiger partial charge in [-0.3, -0.25) is 0 Å². The Kier molecular flexibility index (Phi) is 75.2. The molecule has 0 aliphatic carbocycles. The van der Waals surface area contributed by atoms with Crippen LogP contribution in [0, 0.1) is 0 Å². The number of allylic oxidation sites excluding steroid dienone is 3. The van der Waals surface area contributed by atoms with Gasteiger partial charge in [0.1, 0.15) is 0 Å². The topological polar surface area (TPSA) is 57.5 Å². The van der Waals surface area contributed by atoms with Crippen LogP contribution in [0.4, 0.5) is 0 Å². The van der Waals surface area contributed by atoms with Gasteiger partial charge in [-0.1, -0.05) is 18.2 Å². The van der Waals surface area contributed by atoms with E-state index in [9.17, 15) is 0 Å². The SMILES string of the molecule is C=CC.C=CC.C=CC.O=[P+](O)O. The Labute approximate surface area is 82.1 Å². The summed E-state index contributed by atoms with van der Waals surface area (Å²) in [6.07, 6.45) is 5.25. The predicted molar refractivity (Wildman–Crippen MR) is 59.7 cm³/mol. The highest BCUT2D eigenvalue weighted by Gasteiger charge is 1.93. The number of rotatable bonds is 0. The maximum atomic E-state index is 8.70. The van der Waals surface area contributed by atoms with Gasteiger partial charge in [0, 0.05) is 4.57 Å². The van der Waals surface area contributed by atoms with Gasteiger partial charge < -0.3 is 0 Å². The second-order valence-corrected chi connectivity index (χ2v) is 1.98. The molecular formula is C9H20O3P+. The molecule has 0 radical (unpaired) electrons. The van der Waals surface area contributed by atoms with Gasteiger partial charge in [0.25, 0.3) is 0 Å². The summed E-state index contributed by atoms with van der Waals surface area (Å²) in [6.45, 7) is 15.8. The summed E-state index contributed by atoms with van der Waals surface area (Å²) in [4.78, 5) is 14.2. The molecule has 0 spiro atoms. The lowest BCUT2D eigenvalue weighted by Gasteiger charge is -1.34. The largest absolute Gasteiger partial charge is 0.692 e. The van der Waals surface area contributed by atoms with Gasteiger partial charge in [0.05, 0.1) is 0 Å². The Hall–Kier alpha value is -0.760. The third-order valence-electron chi connectivity index (χ3n) is 0. The van der Waals surface area contributed by atoms with Crippen molar-refractivity contribution in [2.45, 2.75) is 20.8 Å². The Morgan fingerprint density at radius 1 is 0.923 bits per heavy atom. The fourth-order valence-corrected chi connectivity index (χ4v) is 0. The van der Waals surface area contributed by atoms with Gasteiger partial charge >= 0.3 is 8.25 Å². The van der Waals surface area contributed by atoms with E-state index < -0.39 is 8.25 Å². The maximum absolute atomic E-state index is 8.70. The molecule has 0 aromatic heterocycles. The van der Waals surface area contributed by atoms with Crippen molar-refractivity contribution in [3.63, 3.8) is 0 Å². The standard InChI is InChI=1S/3C3H6.HO3P/c3*1-3-2;1-4(2)3/h3*3H,1H2,2H3;(H-,1,2,3)/p+1. The summed E-state index contributed by atoms with van der Waals surface area (Å²) in [5.74, 6) is 0. The molecule has 0 bridgehead atoms. The van der Waals surface area contributed by atoms with Crippen LogP contribution >= 0.6 is 8.25 Å². The normalized spacial score (nSPS) is 5.00. The zero-order valence-corrected chi connectivity index (χ0v) is 9.50. The minimum absolute atomic E-state index is 1.75. The fourth-order valence-electron chi connectivity index (χ4n) is 0. The van der Waals surface area contributed by atoms with E-state index in [2.05, 4.69) is 19.7 Å². The molecule has 0 fully saturated rings. The van der Waals surface area contributed by atoms with Gasteiger partial charge in [0.2, 0.25) is 0 Å². The highest BCUT2D eigenvalue weighted by molar-refractivity contribution is 7.30. The van der Waals surface area contributed by atoms with Crippen molar-refractivity contribution in [1.82, 2.24) is 0 Å². The van der Waals surface area contributed by atoms with Crippen molar-refractivity contribution in [1.29, 1.82) is 0 Å². The lowest BCUT2D eigenvalue weighted by Crippen LogP contribution is -1.38. The predicted octanol–water partition coefficient (Wildman–Crippen LogP) is 3.21. The molecule has 0 saturated carbocycles. The van der Waals surface area contributed by atoms with E-state index in [0.29, 0.717) is 0 Å². The van der Waals surface area contributed by atoms with E-state index in [1.54, 1.807) is 18.2 Å². The Bertz CT molecular complexity index is 104. The van der Waals surface area contributed by atoms with Crippen LogP contribution in [-0.4, -0.2) is 9.79 Å². The van der Waals surface area contributed by atoms with Crippen LogP contribution in [0.15, 0.2) is 38.0 Å². The minimum atomic E-state index is -2.87. The second-order valence-electron chi connectivity index (χ2n) is 1.48. The van der Waals surface area contributed by atoms with E-state index in [0.717, 1.165) is 0 Å². The molecule has 0 unspecified atom stereocenters. The molecule has 0 aliphatic rings. The van der Waals surface area contributed by atoms with E-state index in [4.69, 9.17) is 14.4 Å². The van der Waals surface area contributed by atoms with Crippen LogP contribution in [0.1, 0.15) is 20.8 Å². The van der Waals surface area contributed by atoms with Crippen LogP contribution < -0.4 is 0 Å². The van der Waals surface area contributed by atoms with Crippen LogP contribution in [0.3, 0.4) is 0 Å². The fraction of sp³-hybridized carbons (Fsp3) is 0.333. The first-order valence-electron chi connectivity index (χ1n) is 3.54. The summed E-state index contributed by atoms with van der Waals surface area (Å²) in [5.41, 5.74) is 0. The van der Waals surface area contributed by atoms with Crippen molar-refractivity contribution >= 4 is 8.25 Å². The molecule has 4 heteroatoms. The minimum Gasteiger partial charge on any atom is -0.134 e. The van der Waals surface area contributed by atoms with Crippen LogP contribution in [-0.2, 0) is 4.57 Å². The van der Waals surface area contributed by atoms with E-state index in [-0.39, 0.29) is 0 Å². The van der Waals surface area contributed by atoms with Gasteiger partial charge in [-0.05, 0) is 20.8 Å². The average Bonchev–Trinajstić information content (AvgIpc) is 1.88. The molecular weight excluding hydrogens is 187 g/mol. The smallest absolute Gasteiger partial charge is 0.134 e. The van der Waals surface area contributed by atoms with Crippen LogP contribution in [0.2, 0.25) is 0 Å². The summed E-state index contributed by atoms with van der Waals surface area (Å²) in [7, 11) is -2.87. The van der Waals surface area contributed by atoms with Crippen molar-refractivity contribution in [3.05, 3.63) is 38.0 Å². The molecule has 3 nitrogen and oxygen atoms in total. The van der Waals surface area contributed by atoms with E-state index >= 15 is 0 Å². The van der Waals surface area contributed by atoms with E-state index in [1.165, 1.54) is 0 Å². The molecule has 2 N–H and O–H groups in total. The zero-order chi connectivity index (χ0) is 11.7. The Morgan fingerprint density at radius 3 is 0.923 bits per heavy atom. The Balaban J connectivity index is -0.0000000420. The maximum Gasteiger partial charge on any atom is 0.692 e. The van der Waals surface area contributed by atoms with Crippen molar-refractivity contribution in [3.8, 4) is 0 Å². The molecule has 78 valence electrons. The van der Waals surface area contributed by atoms with Crippen molar-refractivity contribution in [2.75, 3.05) is 0 Å². The summed E-state index contributed by atoms with van der Waals surface area (Å²) < 4.78 is 8.70.